The molecule has 0 radical (unpaired) electrons. The van der Waals surface area contributed by atoms with Crippen molar-refractivity contribution in [2.75, 3.05) is 13.1 Å². The van der Waals surface area contributed by atoms with E-state index in [1.165, 1.54) is 17.2 Å². The third-order valence-electron chi connectivity index (χ3n) is 5.92. The molecule has 2 aliphatic heterocycles. The lowest BCUT2D eigenvalue weighted by Gasteiger charge is -2.30. The zero-order valence-electron chi connectivity index (χ0n) is 19.3. The number of hydrogen-bond acceptors (Lipinski definition) is 6. The number of benzene rings is 1. The fraction of sp³-hybridized carbons (Fsp3) is 0.364. The van der Waals surface area contributed by atoms with E-state index in [-0.39, 0.29) is 24.6 Å². The minimum atomic E-state index is -4.99. The van der Waals surface area contributed by atoms with Gasteiger partial charge >= 0.3 is 12.4 Å². The van der Waals surface area contributed by atoms with Crippen molar-refractivity contribution in [2.24, 2.45) is 5.16 Å². The molecule has 210 valence electrons. The minimum Gasteiger partial charge on any atom is -0.372 e. The average molecular weight is 602 g/mol. The molecule has 0 aliphatic carbocycles. The van der Waals surface area contributed by atoms with Crippen LogP contribution in [0.3, 0.4) is 0 Å². The Labute approximate surface area is 225 Å². The number of amides is 2. The summed E-state index contributed by atoms with van der Waals surface area (Å²) in [6.45, 7) is -2.19. The molecule has 2 amide bonds. The van der Waals surface area contributed by atoms with Crippen molar-refractivity contribution in [3.8, 4) is 0 Å². The van der Waals surface area contributed by atoms with E-state index < -0.39 is 70.7 Å². The van der Waals surface area contributed by atoms with E-state index in [0.29, 0.717) is 11.1 Å². The molecular weight excluding hydrogens is 586 g/mol. The molecule has 0 spiro atoms. The van der Waals surface area contributed by atoms with Crippen molar-refractivity contribution >= 4 is 40.9 Å². The van der Waals surface area contributed by atoms with Crippen LogP contribution in [0.2, 0.25) is 10.0 Å². The molecule has 3 heterocycles. The number of carbonyl (C=O) groups is 2. The SMILES string of the molecule is O=C(CNC(=O)c1cc2c(cn1)CN(C1=NOC(c3cc(Cl)c(F)c(Cl)c3)(C(F)(F)F)C1)C2)NCC(F)(F)F. The summed E-state index contributed by atoms with van der Waals surface area (Å²) in [4.78, 5) is 34.1. The van der Waals surface area contributed by atoms with Crippen LogP contribution in [0.4, 0.5) is 30.7 Å². The van der Waals surface area contributed by atoms with Crippen molar-refractivity contribution in [1.29, 1.82) is 0 Å². The van der Waals surface area contributed by atoms with Crippen LogP contribution in [0, 0.1) is 5.82 Å². The molecular formula is C22H16Cl2F7N5O3. The monoisotopic (exact) mass is 601 g/mol. The third kappa shape index (κ3) is 5.98. The van der Waals surface area contributed by atoms with Gasteiger partial charge < -0.3 is 20.4 Å². The molecule has 1 aromatic carbocycles. The van der Waals surface area contributed by atoms with Gasteiger partial charge in [0.15, 0.2) is 5.82 Å². The number of oxime groups is 1. The maximum atomic E-state index is 14.2. The highest BCUT2D eigenvalue weighted by atomic mass is 35.5. The van der Waals surface area contributed by atoms with Crippen LogP contribution in [0.1, 0.15) is 33.6 Å². The molecule has 1 aromatic heterocycles. The second kappa shape index (κ2) is 10.3. The molecule has 39 heavy (non-hydrogen) atoms. The van der Waals surface area contributed by atoms with Gasteiger partial charge in [-0.15, -0.1) is 0 Å². The highest BCUT2D eigenvalue weighted by molar-refractivity contribution is 6.35. The third-order valence-corrected chi connectivity index (χ3v) is 6.47. The first-order valence-electron chi connectivity index (χ1n) is 10.9. The molecule has 2 aromatic rings. The Balaban J connectivity index is 1.44. The van der Waals surface area contributed by atoms with Crippen LogP contribution in [-0.2, 0) is 28.3 Å². The van der Waals surface area contributed by atoms with Crippen molar-refractivity contribution in [1.82, 2.24) is 20.5 Å². The molecule has 0 bridgehead atoms. The molecule has 0 saturated carbocycles. The van der Waals surface area contributed by atoms with Crippen LogP contribution in [-0.4, -0.2) is 53.0 Å². The van der Waals surface area contributed by atoms with Gasteiger partial charge in [0.25, 0.3) is 11.5 Å². The summed E-state index contributed by atoms with van der Waals surface area (Å²) in [5.74, 6) is -3.08. The van der Waals surface area contributed by atoms with Gasteiger partial charge in [-0.1, -0.05) is 28.4 Å². The second-order valence-corrected chi connectivity index (χ2v) is 9.44. The summed E-state index contributed by atoms with van der Waals surface area (Å²) in [6.07, 6.45) is -9.08. The number of nitrogens with zero attached hydrogens (tertiary/aromatic N) is 3. The maximum absolute atomic E-state index is 14.2. The summed E-state index contributed by atoms with van der Waals surface area (Å²) in [5, 5.41) is 6.13. The van der Waals surface area contributed by atoms with E-state index in [4.69, 9.17) is 28.0 Å². The fourth-order valence-electron chi connectivity index (χ4n) is 3.95. The Bertz CT molecular complexity index is 1330. The van der Waals surface area contributed by atoms with Crippen LogP contribution < -0.4 is 10.6 Å². The predicted molar refractivity (Wildman–Crippen MR) is 122 cm³/mol. The largest absolute Gasteiger partial charge is 0.435 e. The maximum Gasteiger partial charge on any atom is 0.435 e. The van der Waals surface area contributed by atoms with E-state index >= 15 is 0 Å². The Morgan fingerprint density at radius 1 is 1.03 bits per heavy atom. The first kappa shape index (κ1) is 28.7. The quantitative estimate of drug-likeness (QED) is 0.390. The summed E-state index contributed by atoms with van der Waals surface area (Å²) in [6, 6.07) is 2.88. The number of pyridine rings is 1. The molecule has 8 nitrogen and oxygen atoms in total. The Morgan fingerprint density at radius 3 is 2.28 bits per heavy atom. The Hall–Kier alpha value is -3.33. The van der Waals surface area contributed by atoms with Gasteiger partial charge in [-0.3, -0.25) is 14.6 Å². The number of carbonyl (C=O) groups excluding carboxylic acids is 2. The van der Waals surface area contributed by atoms with E-state index in [9.17, 15) is 40.3 Å². The molecule has 1 unspecified atom stereocenters. The van der Waals surface area contributed by atoms with Crippen molar-refractivity contribution in [3.63, 3.8) is 0 Å². The van der Waals surface area contributed by atoms with E-state index in [0.717, 1.165) is 12.1 Å². The number of nitrogens with one attached hydrogen (secondary N) is 2. The molecule has 0 fully saturated rings. The smallest absolute Gasteiger partial charge is 0.372 e. The average Bonchev–Trinajstić information content (AvgIpc) is 3.48. The second-order valence-electron chi connectivity index (χ2n) is 8.62. The summed E-state index contributed by atoms with van der Waals surface area (Å²) in [5.41, 5.74) is -2.61. The topological polar surface area (TPSA) is 95.9 Å². The summed E-state index contributed by atoms with van der Waals surface area (Å²) < 4.78 is 93.0. The van der Waals surface area contributed by atoms with E-state index in [1.54, 1.807) is 5.32 Å². The van der Waals surface area contributed by atoms with Gasteiger partial charge in [0.05, 0.1) is 23.0 Å². The van der Waals surface area contributed by atoms with Crippen molar-refractivity contribution in [3.05, 3.63) is 62.6 Å². The van der Waals surface area contributed by atoms with Crippen LogP contribution >= 0.6 is 23.2 Å². The fourth-order valence-corrected chi connectivity index (χ4v) is 4.43. The lowest BCUT2D eigenvalue weighted by Crippen LogP contribution is -2.44. The summed E-state index contributed by atoms with van der Waals surface area (Å²) in [7, 11) is 0. The predicted octanol–water partition coefficient (Wildman–Crippen LogP) is 4.44. The number of alkyl halides is 6. The number of aromatic nitrogens is 1. The molecule has 1 atom stereocenters. The van der Waals surface area contributed by atoms with E-state index in [1.807, 2.05) is 0 Å². The zero-order valence-corrected chi connectivity index (χ0v) is 20.8. The zero-order chi connectivity index (χ0) is 28.8. The van der Waals surface area contributed by atoms with Crippen molar-refractivity contribution in [2.45, 2.75) is 37.5 Å². The van der Waals surface area contributed by atoms with Crippen molar-refractivity contribution < 1.29 is 45.2 Å². The summed E-state index contributed by atoms with van der Waals surface area (Å²) >= 11 is 11.4. The van der Waals surface area contributed by atoms with Crippen LogP contribution in [0.25, 0.3) is 0 Å². The molecule has 17 heteroatoms. The first-order chi connectivity index (χ1) is 18.1. The van der Waals surface area contributed by atoms with Crippen LogP contribution in [0.15, 0.2) is 29.6 Å². The lowest BCUT2D eigenvalue weighted by molar-refractivity contribution is -0.275. The highest BCUT2D eigenvalue weighted by Gasteiger charge is 2.63. The first-order valence-corrected chi connectivity index (χ1v) is 11.7. The van der Waals surface area contributed by atoms with Gasteiger partial charge in [0, 0.05) is 24.8 Å². The number of hydrogen-bond donors (Lipinski definition) is 2. The standard InChI is InChI=1S/C22H16Cl2F7N5O3/c23-13-2-12(3-14(24)18(13)25)20(22(29,30)31)4-16(35-39-20)36-7-10-1-15(32-5-11(10)8-36)19(38)33-6-17(37)34-9-21(26,27)28/h1-3,5H,4,6-9H2,(H,33,38)(H,34,37). The molecule has 2 N–H and O–H groups in total. The van der Waals surface area contributed by atoms with Gasteiger partial charge in [-0.05, 0) is 29.3 Å². The lowest BCUT2D eigenvalue weighted by atomic mass is 9.89. The van der Waals surface area contributed by atoms with Gasteiger partial charge in [-0.25, -0.2) is 4.39 Å². The molecule has 0 saturated heterocycles. The number of halogens is 9. The minimum absolute atomic E-state index is 0.0191. The van der Waals surface area contributed by atoms with Crippen LogP contribution in [0.5, 0.6) is 0 Å². The Kier molecular flexibility index (Phi) is 7.60. The molecule has 4 rings (SSSR count). The molecule has 2 aliphatic rings. The Morgan fingerprint density at radius 2 is 1.67 bits per heavy atom. The number of rotatable bonds is 5. The normalized spacial score (nSPS) is 18.9. The van der Waals surface area contributed by atoms with Gasteiger partial charge in [0.1, 0.15) is 18.1 Å². The van der Waals surface area contributed by atoms with E-state index in [2.05, 4.69) is 15.5 Å². The van der Waals surface area contributed by atoms with Gasteiger partial charge in [0.2, 0.25) is 5.91 Å². The number of amidine groups is 1. The van der Waals surface area contributed by atoms with Gasteiger partial charge in [-0.2, -0.15) is 26.3 Å². The highest BCUT2D eigenvalue weighted by Crippen LogP contribution is 2.50. The number of fused-ring (bicyclic) bond motifs is 1.